The molecule has 32 heavy (non-hydrogen) atoms. The van der Waals surface area contributed by atoms with E-state index in [9.17, 15) is 4.79 Å². The van der Waals surface area contributed by atoms with E-state index in [1.807, 2.05) is 18.2 Å². The number of anilines is 1. The molecule has 0 atom stereocenters. The third kappa shape index (κ3) is 4.88. The van der Waals surface area contributed by atoms with Gasteiger partial charge in [0.2, 0.25) is 5.89 Å². The molecule has 0 unspecified atom stereocenters. The van der Waals surface area contributed by atoms with E-state index in [1.165, 1.54) is 6.07 Å². The highest BCUT2D eigenvalue weighted by Crippen LogP contribution is 2.32. The van der Waals surface area contributed by atoms with Crippen molar-refractivity contribution in [2.45, 2.75) is 0 Å². The van der Waals surface area contributed by atoms with E-state index in [-0.39, 0.29) is 10.1 Å². The lowest BCUT2D eigenvalue weighted by Crippen LogP contribution is -2.34. The summed E-state index contributed by atoms with van der Waals surface area (Å²) in [6, 6.07) is 15.5. The van der Waals surface area contributed by atoms with Crippen LogP contribution in [0.25, 0.3) is 22.6 Å². The molecule has 1 amide bonds. The van der Waals surface area contributed by atoms with E-state index < -0.39 is 5.91 Å². The minimum absolute atomic E-state index is 0.128. The average molecular weight is 551 g/mol. The Labute approximate surface area is 207 Å². The average Bonchev–Trinajstić information content (AvgIpc) is 3.19. The summed E-state index contributed by atoms with van der Waals surface area (Å²) < 4.78 is 11.9. The number of oxazole rings is 1. The first-order chi connectivity index (χ1) is 15.3. The highest BCUT2D eigenvalue weighted by atomic mass is 79.9. The number of ether oxygens (including phenoxy) is 1. The van der Waals surface area contributed by atoms with Crippen molar-refractivity contribution >= 4 is 79.2 Å². The van der Waals surface area contributed by atoms with E-state index in [0.717, 1.165) is 10.0 Å². The second-order valence-electron chi connectivity index (χ2n) is 6.59. The molecule has 0 aliphatic rings. The van der Waals surface area contributed by atoms with Crippen LogP contribution < -0.4 is 15.4 Å². The van der Waals surface area contributed by atoms with Gasteiger partial charge >= 0.3 is 0 Å². The largest absolute Gasteiger partial charge is 0.496 e. The van der Waals surface area contributed by atoms with Crippen LogP contribution in [0.15, 0.2) is 63.5 Å². The fourth-order valence-electron chi connectivity index (χ4n) is 2.90. The summed E-state index contributed by atoms with van der Waals surface area (Å²) in [5, 5.41) is 6.36. The molecule has 0 saturated heterocycles. The van der Waals surface area contributed by atoms with E-state index in [2.05, 4.69) is 31.5 Å². The molecule has 4 aromatic rings. The Bertz CT molecular complexity index is 1360. The van der Waals surface area contributed by atoms with Crippen molar-refractivity contribution in [3.8, 4) is 17.2 Å². The quantitative estimate of drug-likeness (QED) is 0.275. The molecular formula is C22H14BrCl2N3O3S. The van der Waals surface area contributed by atoms with E-state index in [0.29, 0.717) is 39.0 Å². The van der Waals surface area contributed by atoms with E-state index in [1.54, 1.807) is 37.4 Å². The number of carbonyl (C=O) groups is 1. The van der Waals surface area contributed by atoms with Gasteiger partial charge in [-0.3, -0.25) is 10.1 Å². The molecule has 0 saturated carbocycles. The zero-order valence-corrected chi connectivity index (χ0v) is 20.3. The number of rotatable bonds is 4. The maximum Gasteiger partial charge on any atom is 0.257 e. The zero-order chi connectivity index (χ0) is 22.8. The van der Waals surface area contributed by atoms with Crippen LogP contribution in [0.3, 0.4) is 0 Å². The Morgan fingerprint density at radius 1 is 1.09 bits per heavy atom. The number of hydrogen-bond acceptors (Lipinski definition) is 5. The number of fused-ring (bicyclic) bond motifs is 1. The summed E-state index contributed by atoms with van der Waals surface area (Å²) in [4.78, 5) is 16.9. The molecule has 0 aliphatic carbocycles. The third-order valence-electron chi connectivity index (χ3n) is 4.45. The minimum Gasteiger partial charge on any atom is -0.496 e. The molecule has 1 heterocycles. The summed E-state index contributed by atoms with van der Waals surface area (Å²) >= 11 is 20.6. The molecule has 0 spiro atoms. The molecule has 1 aromatic heterocycles. The Morgan fingerprint density at radius 2 is 1.91 bits per heavy atom. The molecule has 3 aromatic carbocycles. The van der Waals surface area contributed by atoms with Crippen molar-refractivity contribution in [3.05, 3.63) is 74.7 Å². The number of aromatic nitrogens is 1. The number of nitrogens with zero attached hydrogens (tertiary/aromatic N) is 1. The van der Waals surface area contributed by atoms with E-state index >= 15 is 0 Å². The summed E-state index contributed by atoms with van der Waals surface area (Å²) in [6.07, 6.45) is 0. The van der Waals surface area contributed by atoms with Gasteiger partial charge in [-0.2, -0.15) is 0 Å². The van der Waals surface area contributed by atoms with Gasteiger partial charge in [0.25, 0.3) is 5.91 Å². The third-order valence-corrected chi connectivity index (χ3v) is 6.02. The van der Waals surface area contributed by atoms with Crippen molar-refractivity contribution in [1.29, 1.82) is 0 Å². The molecule has 0 fully saturated rings. The van der Waals surface area contributed by atoms with Crippen LogP contribution >= 0.6 is 51.3 Å². The summed E-state index contributed by atoms with van der Waals surface area (Å²) in [5.74, 6) is 0.778. The van der Waals surface area contributed by atoms with Gasteiger partial charge in [-0.15, -0.1) is 0 Å². The van der Waals surface area contributed by atoms with Gasteiger partial charge in [-0.25, -0.2) is 4.98 Å². The van der Waals surface area contributed by atoms with Gasteiger partial charge in [0.15, 0.2) is 10.7 Å². The van der Waals surface area contributed by atoms with Gasteiger partial charge in [-0.05, 0) is 82.7 Å². The number of methoxy groups -OCH3 is 1. The van der Waals surface area contributed by atoms with Crippen molar-refractivity contribution in [1.82, 2.24) is 10.3 Å². The second-order valence-corrected chi connectivity index (χ2v) is 8.66. The Balaban J connectivity index is 1.49. The van der Waals surface area contributed by atoms with Gasteiger partial charge in [0.1, 0.15) is 11.3 Å². The lowest BCUT2D eigenvalue weighted by molar-refractivity contribution is 0.0977. The first-order valence-corrected chi connectivity index (χ1v) is 11.1. The summed E-state index contributed by atoms with van der Waals surface area (Å²) in [6.45, 7) is 0. The molecular weight excluding hydrogens is 537 g/mol. The molecule has 0 bridgehead atoms. The van der Waals surface area contributed by atoms with Gasteiger partial charge in [0.05, 0.1) is 21.6 Å². The van der Waals surface area contributed by atoms with Crippen LogP contribution in [-0.2, 0) is 0 Å². The van der Waals surface area contributed by atoms with Crippen molar-refractivity contribution in [2.75, 3.05) is 12.4 Å². The maximum absolute atomic E-state index is 12.4. The lowest BCUT2D eigenvalue weighted by atomic mass is 10.2. The number of benzene rings is 3. The molecule has 0 radical (unpaired) electrons. The Morgan fingerprint density at radius 3 is 2.62 bits per heavy atom. The van der Waals surface area contributed by atoms with Crippen LogP contribution in [-0.4, -0.2) is 23.1 Å². The molecule has 162 valence electrons. The zero-order valence-electron chi connectivity index (χ0n) is 16.4. The molecule has 6 nitrogen and oxygen atoms in total. The highest BCUT2D eigenvalue weighted by Gasteiger charge is 2.13. The highest BCUT2D eigenvalue weighted by molar-refractivity contribution is 9.10. The smallest absolute Gasteiger partial charge is 0.257 e. The normalized spacial score (nSPS) is 10.8. The standard InChI is InChI=1S/C22H14BrCl2N3O3S/c1-30-18-6-3-12(8-14(18)23)21-27-17-10-13(4-7-19(17)31-21)26-22(32)28-20(29)11-2-5-15(24)16(25)9-11/h2-10H,1H3,(H2,26,28,29,32). The second kappa shape index (κ2) is 9.46. The van der Waals surface area contributed by atoms with Gasteiger partial charge in [-0.1, -0.05) is 23.2 Å². The van der Waals surface area contributed by atoms with Crippen molar-refractivity contribution in [2.24, 2.45) is 0 Å². The SMILES string of the molecule is COc1ccc(-c2nc3cc(NC(=S)NC(=O)c4ccc(Cl)c(Cl)c4)ccc3o2)cc1Br. The fraction of sp³-hybridized carbons (Fsp3) is 0.0455. The van der Waals surface area contributed by atoms with Crippen LogP contribution in [0.1, 0.15) is 10.4 Å². The maximum atomic E-state index is 12.4. The number of amides is 1. The van der Waals surface area contributed by atoms with Gasteiger partial charge < -0.3 is 14.5 Å². The molecule has 2 N–H and O–H groups in total. The fourth-order valence-corrected chi connectivity index (χ4v) is 3.95. The monoisotopic (exact) mass is 549 g/mol. The summed E-state index contributed by atoms with van der Waals surface area (Å²) in [7, 11) is 1.60. The number of carbonyl (C=O) groups excluding carboxylic acids is 1. The van der Waals surface area contributed by atoms with Gasteiger partial charge in [0, 0.05) is 16.8 Å². The number of halogens is 3. The summed E-state index contributed by atoms with van der Waals surface area (Å²) in [5.41, 5.74) is 3.03. The predicted molar refractivity (Wildman–Crippen MR) is 134 cm³/mol. The minimum atomic E-state index is -0.407. The molecule has 0 aliphatic heterocycles. The Hall–Kier alpha value is -2.65. The van der Waals surface area contributed by atoms with Crippen LogP contribution in [0.4, 0.5) is 5.69 Å². The van der Waals surface area contributed by atoms with Crippen molar-refractivity contribution < 1.29 is 13.9 Å². The number of nitrogens with one attached hydrogen (secondary N) is 2. The van der Waals surface area contributed by atoms with Crippen LogP contribution in [0.5, 0.6) is 5.75 Å². The van der Waals surface area contributed by atoms with Crippen LogP contribution in [0, 0.1) is 0 Å². The molecule has 4 rings (SSSR count). The Kier molecular flexibility index (Phi) is 6.66. The van der Waals surface area contributed by atoms with Crippen molar-refractivity contribution in [3.63, 3.8) is 0 Å². The topological polar surface area (TPSA) is 76.4 Å². The van der Waals surface area contributed by atoms with E-state index in [4.69, 9.17) is 44.6 Å². The number of hydrogen-bond donors (Lipinski definition) is 2. The predicted octanol–water partition coefficient (Wildman–Crippen LogP) is 6.70. The first kappa shape index (κ1) is 22.5. The molecule has 10 heteroatoms. The first-order valence-electron chi connectivity index (χ1n) is 9.16. The number of thiocarbonyl (C=S) groups is 1. The van der Waals surface area contributed by atoms with Crippen LogP contribution in [0.2, 0.25) is 10.0 Å². The lowest BCUT2D eigenvalue weighted by Gasteiger charge is -2.10.